The molecule has 2 N–H and O–H groups in total. The number of oxazole rings is 1. The number of hydrogen-bond acceptors (Lipinski definition) is 7. The second-order valence-corrected chi connectivity index (χ2v) is 6.12. The second kappa shape index (κ2) is 6.21. The Morgan fingerprint density at radius 3 is 2.85 bits per heavy atom. The third kappa shape index (κ3) is 3.47. The van der Waals surface area contributed by atoms with Gasteiger partial charge in [0.2, 0.25) is 9.84 Å². The van der Waals surface area contributed by atoms with Crippen molar-refractivity contribution in [1.82, 2.24) is 4.98 Å². The Bertz CT molecular complexity index is 680. The van der Waals surface area contributed by atoms with Gasteiger partial charge in [0.1, 0.15) is 5.52 Å². The summed E-state index contributed by atoms with van der Waals surface area (Å²) in [6, 6.07) is 4.79. The Morgan fingerprint density at radius 2 is 2.10 bits per heavy atom. The topological polar surface area (TPSA) is 105 Å². The van der Waals surface area contributed by atoms with E-state index in [1.54, 1.807) is 19.2 Å². The molecule has 0 aliphatic carbocycles. The van der Waals surface area contributed by atoms with Crippen LogP contribution in [0.1, 0.15) is 0 Å². The molecule has 2 rings (SSSR count). The van der Waals surface area contributed by atoms with Crippen molar-refractivity contribution in [3.63, 3.8) is 0 Å². The zero-order chi connectivity index (χ0) is 14.6. The third-order valence-electron chi connectivity index (χ3n) is 2.59. The molecule has 0 spiro atoms. The molecule has 2 aromatic rings. The highest BCUT2D eigenvalue weighted by Gasteiger charge is 2.21. The predicted molar refractivity (Wildman–Crippen MR) is 73.2 cm³/mol. The van der Waals surface area contributed by atoms with Crippen LogP contribution < -0.4 is 5.73 Å². The van der Waals surface area contributed by atoms with Crippen molar-refractivity contribution in [3.8, 4) is 0 Å². The number of nitrogen functional groups attached to an aromatic ring is 1. The smallest absolute Gasteiger partial charge is 0.316 e. The minimum Gasteiger partial charge on any atom is -0.428 e. The number of benzene rings is 1. The van der Waals surface area contributed by atoms with Crippen molar-refractivity contribution in [3.05, 3.63) is 18.2 Å². The highest BCUT2D eigenvalue weighted by Crippen LogP contribution is 2.21. The number of fused-ring (bicyclic) bond motifs is 1. The molecule has 1 heterocycles. The number of anilines is 1. The standard InChI is InChI=1S/C12H16N2O5S/c1-17-4-5-18-6-7-20(15,16)12-14-10-3-2-9(13)8-11(10)19-12/h2-3,8H,4-7,13H2,1H3. The molecule has 8 heteroatoms. The molecule has 0 amide bonds. The van der Waals surface area contributed by atoms with Gasteiger partial charge < -0.3 is 19.6 Å². The average molecular weight is 300 g/mol. The van der Waals surface area contributed by atoms with Crippen molar-refractivity contribution < 1.29 is 22.3 Å². The van der Waals surface area contributed by atoms with E-state index in [0.717, 1.165) is 0 Å². The van der Waals surface area contributed by atoms with Gasteiger partial charge in [-0.1, -0.05) is 0 Å². The molecule has 1 aromatic heterocycles. The first kappa shape index (κ1) is 14.8. The third-order valence-corrected chi connectivity index (χ3v) is 4.00. The van der Waals surface area contributed by atoms with Crippen molar-refractivity contribution in [1.29, 1.82) is 0 Å². The molecule has 0 saturated heterocycles. The molecule has 0 radical (unpaired) electrons. The molecule has 110 valence electrons. The summed E-state index contributed by atoms with van der Waals surface area (Å²) in [5.41, 5.74) is 6.89. The van der Waals surface area contributed by atoms with Crippen molar-refractivity contribution in [2.75, 3.05) is 38.4 Å². The van der Waals surface area contributed by atoms with Crippen molar-refractivity contribution >= 4 is 26.6 Å². The molecule has 0 unspecified atom stereocenters. The van der Waals surface area contributed by atoms with E-state index in [1.807, 2.05) is 0 Å². The Balaban J connectivity index is 2.07. The zero-order valence-electron chi connectivity index (χ0n) is 11.0. The number of rotatable bonds is 7. The van der Waals surface area contributed by atoms with Crippen LogP contribution in [0, 0.1) is 0 Å². The molecular formula is C12H16N2O5S. The SMILES string of the molecule is COCCOCCS(=O)(=O)c1nc2ccc(N)cc2o1. The molecule has 0 aliphatic rings. The van der Waals surface area contributed by atoms with E-state index in [-0.39, 0.29) is 17.6 Å². The van der Waals surface area contributed by atoms with Crippen LogP contribution in [0.25, 0.3) is 11.1 Å². The minimum atomic E-state index is -3.61. The van der Waals surface area contributed by atoms with Crippen LogP contribution in [0.3, 0.4) is 0 Å². The Labute approximate surface area is 116 Å². The highest BCUT2D eigenvalue weighted by atomic mass is 32.2. The summed E-state index contributed by atoms with van der Waals surface area (Å²) < 4.78 is 39.2. The van der Waals surface area contributed by atoms with Crippen LogP contribution in [-0.4, -0.2) is 46.1 Å². The summed E-state index contributed by atoms with van der Waals surface area (Å²) in [5, 5.41) is -0.312. The van der Waals surface area contributed by atoms with Gasteiger partial charge in [-0.3, -0.25) is 0 Å². The molecular weight excluding hydrogens is 284 g/mol. The van der Waals surface area contributed by atoms with Crippen LogP contribution >= 0.6 is 0 Å². The van der Waals surface area contributed by atoms with Gasteiger partial charge in [0, 0.05) is 18.9 Å². The summed E-state index contributed by atoms with van der Waals surface area (Å²) in [5.74, 6) is -0.195. The number of nitrogens with two attached hydrogens (primary N) is 1. The molecule has 0 atom stereocenters. The Kier molecular flexibility index (Phi) is 4.58. The first-order valence-electron chi connectivity index (χ1n) is 5.98. The van der Waals surface area contributed by atoms with E-state index in [4.69, 9.17) is 19.6 Å². The fourth-order valence-corrected chi connectivity index (χ4v) is 2.52. The Morgan fingerprint density at radius 1 is 1.30 bits per heavy atom. The first-order valence-corrected chi connectivity index (χ1v) is 7.63. The maximum absolute atomic E-state index is 12.0. The van der Waals surface area contributed by atoms with Crippen LogP contribution in [0.5, 0.6) is 0 Å². The number of aromatic nitrogens is 1. The summed E-state index contributed by atoms with van der Waals surface area (Å²) in [4.78, 5) is 3.95. The normalized spacial score (nSPS) is 12.1. The lowest BCUT2D eigenvalue weighted by atomic mass is 10.3. The van der Waals surface area contributed by atoms with Crippen LogP contribution in [0.2, 0.25) is 0 Å². The fourth-order valence-electron chi connectivity index (χ4n) is 1.55. The van der Waals surface area contributed by atoms with E-state index >= 15 is 0 Å². The van der Waals surface area contributed by atoms with Crippen LogP contribution in [0.4, 0.5) is 5.69 Å². The molecule has 1 aromatic carbocycles. The summed E-state index contributed by atoms with van der Waals surface area (Å²) in [6.07, 6.45) is 0. The molecule has 0 bridgehead atoms. The van der Waals surface area contributed by atoms with Crippen molar-refractivity contribution in [2.45, 2.75) is 5.22 Å². The molecule has 20 heavy (non-hydrogen) atoms. The minimum absolute atomic E-state index is 0.0621. The van der Waals surface area contributed by atoms with E-state index in [0.29, 0.717) is 30.0 Å². The molecule has 0 aliphatic heterocycles. The number of sulfone groups is 1. The fraction of sp³-hybridized carbons (Fsp3) is 0.417. The van der Waals surface area contributed by atoms with Gasteiger partial charge in [0.15, 0.2) is 5.58 Å². The second-order valence-electron chi connectivity index (χ2n) is 4.13. The highest BCUT2D eigenvalue weighted by molar-refractivity contribution is 7.91. The van der Waals surface area contributed by atoms with Gasteiger partial charge in [-0.15, -0.1) is 0 Å². The number of hydrogen-bond donors (Lipinski definition) is 1. The molecule has 0 fully saturated rings. The Hall–Kier alpha value is -1.64. The largest absolute Gasteiger partial charge is 0.428 e. The molecule has 0 saturated carbocycles. The monoisotopic (exact) mass is 300 g/mol. The zero-order valence-corrected chi connectivity index (χ0v) is 11.9. The number of ether oxygens (including phenoxy) is 2. The lowest BCUT2D eigenvalue weighted by molar-refractivity contribution is 0.0784. The average Bonchev–Trinajstić information content (AvgIpc) is 2.82. The predicted octanol–water partition coefficient (Wildman–Crippen LogP) is 0.847. The molecule has 7 nitrogen and oxygen atoms in total. The van der Waals surface area contributed by atoms with Gasteiger partial charge in [-0.25, -0.2) is 8.42 Å². The van der Waals surface area contributed by atoms with Gasteiger partial charge in [-0.2, -0.15) is 4.98 Å². The summed E-state index contributed by atoms with van der Waals surface area (Å²) in [7, 11) is -2.06. The van der Waals surface area contributed by atoms with Gasteiger partial charge in [0.25, 0.3) is 0 Å². The summed E-state index contributed by atoms with van der Waals surface area (Å²) >= 11 is 0. The van der Waals surface area contributed by atoms with Gasteiger partial charge in [-0.05, 0) is 12.1 Å². The van der Waals surface area contributed by atoms with Gasteiger partial charge >= 0.3 is 5.22 Å². The van der Waals surface area contributed by atoms with E-state index in [1.165, 1.54) is 6.07 Å². The quantitative estimate of drug-likeness (QED) is 0.597. The maximum atomic E-state index is 12.0. The number of methoxy groups -OCH3 is 1. The van der Waals surface area contributed by atoms with E-state index < -0.39 is 9.84 Å². The van der Waals surface area contributed by atoms with Crippen LogP contribution in [-0.2, 0) is 19.3 Å². The van der Waals surface area contributed by atoms with Crippen molar-refractivity contribution in [2.24, 2.45) is 0 Å². The lowest BCUT2D eigenvalue weighted by Gasteiger charge is -2.02. The van der Waals surface area contributed by atoms with Crippen LogP contribution in [0.15, 0.2) is 27.8 Å². The maximum Gasteiger partial charge on any atom is 0.316 e. The lowest BCUT2D eigenvalue weighted by Crippen LogP contribution is -2.14. The number of nitrogens with zero attached hydrogens (tertiary/aromatic N) is 1. The van der Waals surface area contributed by atoms with E-state index in [2.05, 4.69) is 4.98 Å². The summed E-state index contributed by atoms with van der Waals surface area (Å²) in [6.45, 7) is 0.824. The van der Waals surface area contributed by atoms with E-state index in [9.17, 15) is 8.42 Å². The first-order chi connectivity index (χ1) is 9.53. The van der Waals surface area contributed by atoms with Gasteiger partial charge in [0.05, 0.1) is 25.6 Å².